The van der Waals surface area contributed by atoms with Gasteiger partial charge in [0.1, 0.15) is 5.82 Å². The van der Waals surface area contributed by atoms with Crippen molar-refractivity contribution < 1.29 is 4.79 Å². The number of hydrogen-bond acceptors (Lipinski definition) is 5. The molecule has 1 N–H and O–H groups in total. The largest absolute Gasteiger partial charge is 0.360 e. The number of hydrogen-bond donors (Lipinski definition) is 1. The number of nitrogens with zero attached hydrogens (tertiary/aromatic N) is 3. The number of anilines is 1. The Labute approximate surface area is 100 Å². The van der Waals surface area contributed by atoms with Crippen molar-refractivity contribution in [2.45, 2.75) is 26.2 Å². The van der Waals surface area contributed by atoms with Crippen molar-refractivity contribution in [2.75, 3.05) is 26.0 Å². The molecule has 0 fully saturated rings. The lowest BCUT2D eigenvalue weighted by Crippen LogP contribution is -2.23. The van der Waals surface area contributed by atoms with Gasteiger partial charge in [-0.05, 0) is 6.42 Å². The van der Waals surface area contributed by atoms with Crippen LogP contribution in [0.15, 0.2) is 0 Å². The zero-order valence-corrected chi connectivity index (χ0v) is 10.8. The molecule has 0 aromatic carbocycles. The van der Waals surface area contributed by atoms with Gasteiger partial charge in [0.15, 0.2) is 0 Å². The highest BCUT2D eigenvalue weighted by molar-refractivity contribution is 7.09. The summed E-state index contributed by atoms with van der Waals surface area (Å²) < 4.78 is 4.21. The van der Waals surface area contributed by atoms with E-state index in [2.05, 4.69) is 21.6 Å². The van der Waals surface area contributed by atoms with Gasteiger partial charge in [0.2, 0.25) is 11.0 Å². The third-order valence-electron chi connectivity index (χ3n) is 2.06. The van der Waals surface area contributed by atoms with Gasteiger partial charge in [0.25, 0.3) is 0 Å². The molecular weight excluding hydrogens is 224 g/mol. The van der Waals surface area contributed by atoms with Crippen molar-refractivity contribution in [1.82, 2.24) is 14.3 Å². The molecule has 5 nitrogen and oxygen atoms in total. The molecule has 1 heterocycles. The summed E-state index contributed by atoms with van der Waals surface area (Å²) in [5, 5.41) is 3.91. The third kappa shape index (κ3) is 4.14. The number of carbonyl (C=O) groups excluding carboxylic acids is 1. The normalized spacial score (nSPS) is 10.2. The number of amides is 1. The van der Waals surface area contributed by atoms with Crippen molar-refractivity contribution in [3.05, 3.63) is 5.82 Å². The van der Waals surface area contributed by atoms with E-state index in [-0.39, 0.29) is 5.91 Å². The van der Waals surface area contributed by atoms with Gasteiger partial charge in [-0.15, -0.1) is 0 Å². The minimum absolute atomic E-state index is 0.116. The molecule has 0 saturated heterocycles. The maximum absolute atomic E-state index is 11.3. The van der Waals surface area contributed by atoms with Crippen molar-refractivity contribution in [2.24, 2.45) is 0 Å². The van der Waals surface area contributed by atoms with E-state index in [1.165, 1.54) is 11.5 Å². The first-order valence-electron chi connectivity index (χ1n) is 5.40. The fourth-order valence-corrected chi connectivity index (χ4v) is 1.79. The standard InChI is InChI=1S/C10H18N4OS/c1-4-5-8-12-10(16-13-8)11-7-6-9(15)14(2)3/h4-7H2,1-3H3,(H,11,12,13). The third-order valence-corrected chi connectivity index (χ3v) is 2.77. The van der Waals surface area contributed by atoms with Gasteiger partial charge in [-0.25, -0.2) is 4.98 Å². The van der Waals surface area contributed by atoms with Crippen LogP contribution in [-0.2, 0) is 11.2 Å². The summed E-state index contributed by atoms with van der Waals surface area (Å²) in [4.78, 5) is 17.2. The molecule has 0 atom stereocenters. The summed E-state index contributed by atoms with van der Waals surface area (Å²) in [6.45, 7) is 2.71. The Kier molecular flexibility index (Phi) is 5.18. The number of rotatable bonds is 6. The van der Waals surface area contributed by atoms with Crippen LogP contribution in [0.1, 0.15) is 25.6 Å². The predicted octanol–water partition coefficient (Wildman–Crippen LogP) is 1.38. The SMILES string of the molecule is CCCc1nsc(NCCC(=O)N(C)C)n1. The predicted molar refractivity (Wildman–Crippen MR) is 65.7 cm³/mol. The van der Waals surface area contributed by atoms with Crippen LogP contribution in [0, 0.1) is 0 Å². The van der Waals surface area contributed by atoms with Crippen LogP contribution in [0.4, 0.5) is 5.13 Å². The minimum atomic E-state index is 0.116. The molecule has 0 radical (unpaired) electrons. The monoisotopic (exact) mass is 242 g/mol. The van der Waals surface area contributed by atoms with Gasteiger partial charge in [-0.1, -0.05) is 6.92 Å². The summed E-state index contributed by atoms with van der Waals surface area (Å²) >= 11 is 1.35. The molecule has 0 aliphatic heterocycles. The molecule has 0 saturated carbocycles. The van der Waals surface area contributed by atoms with Crippen molar-refractivity contribution in [1.29, 1.82) is 0 Å². The van der Waals surface area contributed by atoms with Gasteiger partial charge < -0.3 is 10.2 Å². The molecule has 90 valence electrons. The smallest absolute Gasteiger partial charge is 0.223 e. The van der Waals surface area contributed by atoms with Crippen molar-refractivity contribution in [3.8, 4) is 0 Å². The van der Waals surface area contributed by atoms with Crippen LogP contribution < -0.4 is 5.32 Å². The Morgan fingerprint density at radius 3 is 2.88 bits per heavy atom. The van der Waals surface area contributed by atoms with Gasteiger partial charge in [0.05, 0.1) is 0 Å². The van der Waals surface area contributed by atoms with Crippen LogP contribution in [0.2, 0.25) is 0 Å². The fraction of sp³-hybridized carbons (Fsp3) is 0.700. The van der Waals surface area contributed by atoms with Gasteiger partial charge >= 0.3 is 0 Å². The molecular formula is C10H18N4OS. The lowest BCUT2D eigenvalue weighted by atomic mass is 10.3. The topological polar surface area (TPSA) is 58.1 Å². The van der Waals surface area contributed by atoms with E-state index in [0.29, 0.717) is 13.0 Å². The summed E-state index contributed by atoms with van der Waals surface area (Å²) in [6.07, 6.45) is 2.44. The highest BCUT2D eigenvalue weighted by atomic mass is 32.1. The molecule has 16 heavy (non-hydrogen) atoms. The maximum Gasteiger partial charge on any atom is 0.223 e. The van der Waals surface area contributed by atoms with Crippen LogP contribution in [0.3, 0.4) is 0 Å². The lowest BCUT2D eigenvalue weighted by molar-refractivity contribution is -0.128. The van der Waals surface area contributed by atoms with Crippen molar-refractivity contribution >= 4 is 22.6 Å². The number of carbonyl (C=O) groups is 1. The van der Waals surface area contributed by atoms with E-state index in [1.54, 1.807) is 19.0 Å². The number of aryl methyl sites for hydroxylation is 1. The molecule has 1 amide bonds. The second kappa shape index (κ2) is 6.42. The van der Waals surface area contributed by atoms with E-state index in [4.69, 9.17) is 0 Å². The van der Waals surface area contributed by atoms with E-state index in [1.807, 2.05) is 0 Å². The second-order valence-electron chi connectivity index (χ2n) is 3.73. The summed E-state index contributed by atoms with van der Waals surface area (Å²) in [5.41, 5.74) is 0. The van der Waals surface area contributed by atoms with E-state index < -0.39 is 0 Å². The molecule has 0 bridgehead atoms. The van der Waals surface area contributed by atoms with Crippen LogP contribution in [-0.4, -0.2) is 40.8 Å². The van der Waals surface area contributed by atoms with Gasteiger partial charge in [0, 0.05) is 45.0 Å². The molecule has 0 unspecified atom stereocenters. The quantitative estimate of drug-likeness (QED) is 0.819. The fourth-order valence-electron chi connectivity index (χ4n) is 1.15. The Morgan fingerprint density at radius 1 is 1.50 bits per heavy atom. The highest BCUT2D eigenvalue weighted by Crippen LogP contribution is 2.11. The van der Waals surface area contributed by atoms with Crippen LogP contribution >= 0.6 is 11.5 Å². The Balaban J connectivity index is 2.29. The summed E-state index contributed by atoms with van der Waals surface area (Å²) in [5.74, 6) is 1.000. The zero-order valence-electron chi connectivity index (χ0n) is 9.99. The van der Waals surface area contributed by atoms with Crippen LogP contribution in [0.25, 0.3) is 0 Å². The molecule has 6 heteroatoms. The minimum Gasteiger partial charge on any atom is -0.360 e. The van der Waals surface area contributed by atoms with Crippen molar-refractivity contribution in [3.63, 3.8) is 0 Å². The molecule has 1 rings (SSSR count). The Bertz CT molecular complexity index is 337. The maximum atomic E-state index is 11.3. The Morgan fingerprint density at radius 2 is 2.25 bits per heavy atom. The second-order valence-corrected chi connectivity index (χ2v) is 4.48. The summed E-state index contributed by atoms with van der Waals surface area (Å²) in [6, 6.07) is 0. The van der Waals surface area contributed by atoms with Gasteiger partial charge in [-0.3, -0.25) is 4.79 Å². The van der Waals surface area contributed by atoms with Gasteiger partial charge in [-0.2, -0.15) is 4.37 Å². The summed E-state index contributed by atoms with van der Waals surface area (Å²) in [7, 11) is 3.51. The first-order valence-corrected chi connectivity index (χ1v) is 6.17. The average molecular weight is 242 g/mol. The lowest BCUT2D eigenvalue weighted by Gasteiger charge is -2.09. The molecule has 0 spiro atoms. The van der Waals surface area contributed by atoms with E-state index in [0.717, 1.165) is 23.8 Å². The van der Waals surface area contributed by atoms with E-state index >= 15 is 0 Å². The molecule has 0 aliphatic rings. The first-order chi connectivity index (χ1) is 7.63. The zero-order chi connectivity index (χ0) is 12.0. The first kappa shape index (κ1) is 12.9. The molecule has 1 aromatic heterocycles. The molecule has 1 aromatic rings. The van der Waals surface area contributed by atoms with Crippen LogP contribution in [0.5, 0.6) is 0 Å². The Hall–Kier alpha value is -1.17. The number of aromatic nitrogens is 2. The molecule has 0 aliphatic carbocycles. The highest BCUT2D eigenvalue weighted by Gasteiger charge is 2.05. The van der Waals surface area contributed by atoms with E-state index in [9.17, 15) is 4.79 Å². The average Bonchev–Trinajstić information content (AvgIpc) is 2.66. The number of nitrogens with one attached hydrogen (secondary N) is 1.